The fourth-order valence-corrected chi connectivity index (χ4v) is 5.55. The van der Waals surface area contributed by atoms with Gasteiger partial charge >= 0.3 is 30.2 Å². The van der Waals surface area contributed by atoms with Crippen LogP contribution < -0.4 is 0 Å². The zero-order valence-electron chi connectivity index (χ0n) is 29.5. The van der Waals surface area contributed by atoms with Gasteiger partial charge in [-0.3, -0.25) is 0 Å². The quantitative estimate of drug-likeness (QED) is 0.115. The van der Waals surface area contributed by atoms with Crippen molar-refractivity contribution in [2.45, 2.75) is 59.3 Å². The molecule has 0 spiro atoms. The molecule has 7 aromatic rings. The summed E-state index contributed by atoms with van der Waals surface area (Å²) in [6.45, 7) is 18.8. The largest absolute Gasteiger partial charge is 0.184 e. The summed E-state index contributed by atoms with van der Waals surface area (Å²) in [6.07, 6.45) is 0. The van der Waals surface area contributed by atoms with Crippen molar-refractivity contribution in [3.05, 3.63) is 164 Å². The van der Waals surface area contributed by atoms with Crippen LogP contribution in [0.25, 0.3) is 43.4 Å². The van der Waals surface area contributed by atoms with Gasteiger partial charge in [0.2, 0.25) is 0 Å². The van der Waals surface area contributed by atoms with Crippen molar-refractivity contribution in [3.63, 3.8) is 0 Å². The normalized spacial score (nSPS) is 10.5. The number of fused-ring (bicyclic) bond motifs is 4. The summed E-state index contributed by atoms with van der Waals surface area (Å²) in [5, 5.41) is 8.16. The van der Waals surface area contributed by atoms with E-state index < -0.39 is 0 Å². The van der Waals surface area contributed by atoms with Crippen molar-refractivity contribution < 1.29 is 23.3 Å². The van der Waals surface area contributed by atoms with Crippen LogP contribution in [0.2, 0.25) is 0 Å². The first kappa shape index (κ1) is 43.3. The molecule has 7 rings (SSSR count). The third-order valence-corrected chi connectivity index (χ3v) is 8.02. The minimum atomic E-state index is 0. The maximum Gasteiger partial charge on any atom is -0.171 e. The molecular formula is C44H48Cl2SiZr-4. The SMILES string of the molecule is CC(C)(C)c1ccc2c(c1)[cH-]c1cc(C(C)(C)C)ccc12.Cc1cc2c(-c3ccccc3)cccc2[cH-]1.Cl.Cl.[CH3-].[Si]=[Zr].[c-]1ccccc1. The first-order chi connectivity index (χ1) is 21.5. The van der Waals surface area contributed by atoms with Crippen LogP contribution in [0, 0.1) is 20.4 Å². The average Bonchev–Trinajstić information content (AvgIpc) is 3.61. The van der Waals surface area contributed by atoms with Crippen molar-refractivity contribution in [3.8, 4) is 11.1 Å². The van der Waals surface area contributed by atoms with E-state index in [0.29, 0.717) is 0 Å². The van der Waals surface area contributed by atoms with E-state index in [1.54, 1.807) is 0 Å². The molecule has 0 fully saturated rings. The fraction of sp³-hybridized carbons (Fsp3) is 0.205. The van der Waals surface area contributed by atoms with E-state index in [9.17, 15) is 0 Å². The summed E-state index contributed by atoms with van der Waals surface area (Å²) in [6, 6.07) is 50.2. The summed E-state index contributed by atoms with van der Waals surface area (Å²) in [5.74, 6) is 0. The topological polar surface area (TPSA) is 0 Å². The number of hydrogen-bond donors (Lipinski definition) is 0. The van der Waals surface area contributed by atoms with Crippen molar-refractivity contribution in [1.82, 2.24) is 0 Å². The molecule has 0 N–H and O–H groups in total. The maximum atomic E-state index is 3.06. The molecule has 0 heterocycles. The van der Waals surface area contributed by atoms with Gasteiger partial charge in [0.15, 0.2) is 0 Å². The standard InChI is InChI=1S/C21H25.C16H13.C6H5.CH3.2ClH.Si.Zr/c1-20(2,3)16-7-9-18-14(12-16)11-15-13-17(21(4,5)6)8-10-19(15)18;1-12-10-14-8-5-9-15(16(14)11-12)13-6-3-2-4-7-13;1-2-4-6-5-3-1;;;;;/h7-13H,1-6H3;2-11H,1H3;1-5H;1H3;2*1H;;/q4*-1;;;;. The molecular weight excluding hydrogens is 719 g/mol. The van der Waals surface area contributed by atoms with Gasteiger partial charge in [0.1, 0.15) is 0 Å². The molecule has 250 valence electrons. The summed E-state index contributed by atoms with van der Waals surface area (Å²) in [7, 11) is 0. The molecule has 0 atom stereocenters. The Balaban J connectivity index is 0.000000379. The van der Waals surface area contributed by atoms with Crippen LogP contribution in [-0.4, -0.2) is 6.88 Å². The first-order valence-corrected chi connectivity index (χ1v) is 19.7. The predicted molar refractivity (Wildman–Crippen MR) is 216 cm³/mol. The van der Waals surface area contributed by atoms with Gasteiger partial charge in [0.05, 0.1) is 0 Å². The zero-order chi connectivity index (χ0) is 32.6. The summed E-state index contributed by atoms with van der Waals surface area (Å²) >= 11 is 1.36. The van der Waals surface area contributed by atoms with E-state index in [4.69, 9.17) is 0 Å². The Kier molecular flexibility index (Phi) is 17.5. The monoisotopic (exact) mass is 764 g/mol. The van der Waals surface area contributed by atoms with Gasteiger partial charge < -0.3 is 7.43 Å². The Hall–Kier alpha value is -2.74. The van der Waals surface area contributed by atoms with E-state index >= 15 is 0 Å². The zero-order valence-corrected chi connectivity index (χ0v) is 34.6. The van der Waals surface area contributed by atoms with Crippen molar-refractivity contribution in [1.29, 1.82) is 0 Å². The van der Waals surface area contributed by atoms with Gasteiger partial charge in [0.25, 0.3) is 0 Å². The van der Waals surface area contributed by atoms with Crippen LogP contribution in [0.5, 0.6) is 0 Å². The molecule has 4 heteroatoms. The van der Waals surface area contributed by atoms with Crippen LogP contribution in [0.4, 0.5) is 0 Å². The van der Waals surface area contributed by atoms with Gasteiger partial charge in [-0.1, -0.05) is 126 Å². The van der Waals surface area contributed by atoms with Gasteiger partial charge in [-0.05, 0) is 16.4 Å². The Morgan fingerprint density at radius 1 is 0.542 bits per heavy atom. The van der Waals surface area contributed by atoms with Crippen LogP contribution in [-0.2, 0) is 34.2 Å². The molecule has 0 aromatic heterocycles. The summed E-state index contributed by atoms with van der Waals surface area (Å²) < 4.78 is 0. The van der Waals surface area contributed by atoms with Crippen LogP contribution in [0.1, 0.15) is 58.2 Å². The molecule has 7 aromatic carbocycles. The molecule has 0 unspecified atom stereocenters. The second kappa shape index (κ2) is 19.4. The molecule has 0 bridgehead atoms. The van der Waals surface area contributed by atoms with Crippen LogP contribution >= 0.6 is 24.8 Å². The second-order valence-electron chi connectivity index (χ2n) is 13.5. The fourth-order valence-electron chi connectivity index (χ4n) is 5.55. The summed E-state index contributed by atoms with van der Waals surface area (Å²) in [4.78, 5) is 0. The predicted octanol–water partition coefficient (Wildman–Crippen LogP) is 13.2. The average molecular weight is 767 g/mol. The Morgan fingerprint density at radius 3 is 1.48 bits per heavy atom. The Labute approximate surface area is 319 Å². The van der Waals surface area contributed by atoms with Crippen molar-refractivity contribution >= 4 is 64.0 Å². The van der Waals surface area contributed by atoms with Gasteiger partial charge in [-0.25, -0.2) is 0 Å². The molecule has 0 nitrogen and oxygen atoms in total. The third-order valence-electron chi connectivity index (χ3n) is 8.02. The smallest absolute Gasteiger partial charge is 0.171 e. The van der Waals surface area contributed by atoms with Gasteiger partial charge in [-0.15, -0.1) is 99.1 Å². The number of rotatable bonds is 1. The third kappa shape index (κ3) is 11.1. The molecule has 0 aliphatic rings. The summed E-state index contributed by atoms with van der Waals surface area (Å²) in [5.41, 5.74) is 7.16. The maximum absolute atomic E-state index is 3.06. The number of benzene rings is 5. The Bertz CT molecular complexity index is 1860. The molecule has 0 amide bonds. The van der Waals surface area contributed by atoms with Gasteiger partial charge in [-0.2, -0.15) is 42.5 Å². The number of halogens is 2. The first-order valence-electron chi connectivity index (χ1n) is 15.5. The number of aryl methyl sites for hydroxylation is 1. The Morgan fingerprint density at radius 2 is 1.04 bits per heavy atom. The van der Waals surface area contributed by atoms with Crippen LogP contribution in [0.3, 0.4) is 0 Å². The molecule has 0 saturated carbocycles. The molecule has 2 radical (unpaired) electrons. The number of hydrogen-bond acceptors (Lipinski definition) is 0. The minimum absolute atomic E-state index is 0. The van der Waals surface area contributed by atoms with E-state index in [2.05, 4.69) is 165 Å². The van der Waals surface area contributed by atoms with E-state index in [-0.39, 0.29) is 43.1 Å². The van der Waals surface area contributed by atoms with E-state index in [1.165, 1.54) is 83.5 Å². The van der Waals surface area contributed by atoms with Crippen LogP contribution in [0.15, 0.2) is 133 Å². The van der Waals surface area contributed by atoms with Gasteiger partial charge in [0, 0.05) is 0 Å². The molecule has 0 saturated heterocycles. The molecule has 0 aliphatic heterocycles. The van der Waals surface area contributed by atoms with E-state index in [0.717, 1.165) is 0 Å². The minimum Gasteiger partial charge on any atom is -0.184 e. The molecule has 0 aliphatic carbocycles. The molecule has 48 heavy (non-hydrogen) atoms. The van der Waals surface area contributed by atoms with Crippen molar-refractivity contribution in [2.75, 3.05) is 0 Å². The second-order valence-corrected chi connectivity index (χ2v) is 13.5. The van der Waals surface area contributed by atoms with Crippen molar-refractivity contribution in [2.24, 2.45) is 0 Å². The van der Waals surface area contributed by atoms with E-state index in [1.807, 2.05) is 30.3 Å².